The van der Waals surface area contributed by atoms with Crippen LogP contribution in [0, 0.1) is 0 Å². The van der Waals surface area contributed by atoms with Crippen molar-refractivity contribution in [3.63, 3.8) is 0 Å². The van der Waals surface area contributed by atoms with Crippen LogP contribution in [0.1, 0.15) is 58.8 Å². The summed E-state index contributed by atoms with van der Waals surface area (Å²) in [4.78, 5) is 12.7. The molecule has 2 fully saturated rings. The van der Waals surface area contributed by atoms with Crippen LogP contribution in [0.4, 0.5) is 10.5 Å². The smallest absolute Gasteiger partial charge is 0.307 e. The molecule has 1 aliphatic carbocycles. The first-order chi connectivity index (χ1) is 12.4. The lowest BCUT2D eigenvalue weighted by molar-refractivity contribution is 0.0625. The number of carbonyl (C=O) groups is 1. The molecule has 26 heavy (non-hydrogen) atoms. The first kappa shape index (κ1) is 19.2. The average molecular weight is 380 g/mol. The van der Waals surface area contributed by atoms with E-state index < -0.39 is 9.84 Å². The fraction of sp³-hybridized carbons (Fsp3) is 0.632. The van der Waals surface area contributed by atoms with Crippen LogP contribution in [-0.2, 0) is 9.84 Å². The Bertz CT molecular complexity index is 734. The summed E-state index contributed by atoms with van der Waals surface area (Å²) in [6.45, 7) is 4.20. The zero-order chi connectivity index (χ0) is 18.7. The quantitative estimate of drug-likeness (QED) is 0.836. The molecule has 0 spiro atoms. The Morgan fingerprint density at radius 1 is 1.04 bits per heavy atom. The van der Waals surface area contributed by atoms with E-state index in [2.05, 4.69) is 24.6 Å². The predicted molar refractivity (Wildman–Crippen MR) is 103 cm³/mol. The zero-order valence-electron chi connectivity index (χ0n) is 15.6. The van der Waals surface area contributed by atoms with Gasteiger partial charge in [0.2, 0.25) is 0 Å². The molecule has 0 radical (unpaired) electrons. The average Bonchev–Trinajstić information content (AvgIpc) is 3.14. The topological polar surface area (TPSA) is 78.5 Å². The largest absolute Gasteiger partial charge is 0.333 e. The molecule has 1 heterocycles. The fourth-order valence-corrected chi connectivity index (χ4v) is 5.96. The predicted octanol–water partition coefficient (Wildman–Crippen LogP) is 3.70. The molecule has 1 saturated heterocycles. The first-order valence-electron chi connectivity index (χ1n) is 9.58. The van der Waals surface area contributed by atoms with Crippen molar-refractivity contribution in [3.8, 4) is 0 Å². The molecular formula is C19H29N3O3S. The van der Waals surface area contributed by atoms with E-state index in [9.17, 15) is 13.2 Å². The maximum absolute atomic E-state index is 12.7. The molecule has 1 aromatic rings. The summed E-state index contributed by atoms with van der Waals surface area (Å²) >= 11 is 0. The summed E-state index contributed by atoms with van der Waals surface area (Å²) in [5.41, 5.74) is 3.41. The number of nitrogens with one attached hydrogen (secondary N) is 2. The lowest BCUT2D eigenvalue weighted by Gasteiger charge is -2.38. The molecule has 1 aromatic carbocycles. The fourth-order valence-electron chi connectivity index (χ4n) is 4.06. The molecule has 1 aliphatic heterocycles. The molecule has 0 aromatic heterocycles. The summed E-state index contributed by atoms with van der Waals surface area (Å²) in [5.74, 6) is 0. The third kappa shape index (κ3) is 4.20. The van der Waals surface area contributed by atoms with Crippen molar-refractivity contribution < 1.29 is 13.2 Å². The van der Waals surface area contributed by atoms with Gasteiger partial charge in [-0.05, 0) is 57.7 Å². The summed E-state index contributed by atoms with van der Waals surface area (Å²) < 4.78 is 25.5. The van der Waals surface area contributed by atoms with Crippen LogP contribution in [0.2, 0.25) is 0 Å². The SMILES string of the molecule is CC1CCCC(C)N1NC(=O)Nc1cccc(S(=O)(=O)C2CCCC2)c1. The second-order valence-electron chi connectivity index (χ2n) is 7.58. The second-order valence-corrected chi connectivity index (χ2v) is 9.81. The Morgan fingerprint density at radius 3 is 2.35 bits per heavy atom. The maximum atomic E-state index is 12.7. The van der Waals surface area contributed by atoms with Crippen LogP contribution < -0.4 is 10.7 Å². The van der Waals surface area contributed by atoms with Gasteiger partial charge in [0, 0.05) is 17.8 Å². The van der Waals surface area contributed by atoms with E-state index in [1.165, 1.54) is 6.42 Å². The number of piperidine rings is 1. The highest BCUT2D eigenvalue weighted by molar-refractivity contribution is 7.92. The van der Waals surface area contributed by atoms with Gasteiger partial charge in [-0.2, -0.15) is 0 Å². The van der Waals surface area contributed by atoms with Crippen LogP contribution in [0.15, 0.2) is 29.2 Å². The van der Waals surface area contributed by atoms with Crippen LogP contribution >= 0.6 is 0 Å². The van der Waals surface area contributed by atoms with E-state index in [0.717, 1.165) is 38.5 Å². The Hall–Kier alpha value is -1.60. The summed E-state index contributed by atoms with van der Waals surface area (Å²) in [6, 6.07) is 6.83. The van der Waals surface area contributed by atoms with Gasteiger partial charge in [-0.3, -0.25) is 5.43 Å². The number of amides is 2. The number of anilines is 1. The van der Waals surface area contributed by atoms with Crippen molar-refractivity contribution >= 4 is 21.6 Å². The second kappa shape index (κ2) is 7.96. The minimum absolute atomic E-state index is 0.290. The van der Waals surface area contributed by atoms with Gasteiger partial charge in [0.05, 0.1) is 10.1 Å². The summed E-state index contributed by atoms with van der Waals surface area (Å²) in [7, 11) is -3.32. The molecule has 3 rings (SSSR count). The molecule has 0 bridgehead atoms. The van der Waals surface area contributed by atoms with Crippen LogP contribution in [0.3, 0.4) is 0 Å². The number of hydrogen-bond donors (Lipinski definition) is 2. The highest BCUT2D eigenvalue weighted by Crippen LogP contribution is 2.30. The van der Waals surface area contributed by atoms with Gasteiger partial charge in [0.1, 0.15) is 0 Å². The number of benzene rings is 1. The Morgan fingerprint density at radius 2 is 1.69 bits per heavy atom. The highest BCUT2D eigenvalue weighted by Gasteiger charge is 2.30. The third-order valence-corrected chi connectivity index (χ3v) is 7.85. The van der Waals surface area contributed by atoms with Crippen molar-refractivity contribution in [3.05, 3.63) is 24.3 Å². The number of urea groups is 1. The van der Waals surface area contributed by atoms with E-state index in [1.807, 2.05) is 5.01 Å². The standard InChI is InChI=1S/C19H29N3O3S/c1-14-7-5-8-15(2)22(14)21-19(23)20-16-9-6-12-18(13-16)26(24,25)17-10-3-4-11-17/h6,9,12-15,17H,3-5,7-8,10-11H2,1-2H3,(H2,20,21,23). The molecule has 1 saturated carbocycles. The van der Waals surface area contributed by atoms with Gasteiger partial charge in [-0.1, -0.05) is 25.3 Å². The third-order valence-electron chi connectivity index (χ3n) is 5.59. The van der Waals surface area contributed by atoms with Gasteiger partial charge in [0.15, 0.2) is 9.84 Å². The number of rotatable bonds is 4. The monoisotopic (exact) mass is 379 g/mol. The molecule has 2 atom stereocenters. The highest BCUT2D eigenvalue weighted by atomic mass is 32.2. The van der Waals surface area contributed by atoms with Gasteiger partial charge >= 0.3 is 6.03 Å². The number of hydrazine groups is 1. The van der Waals surface area contributed by atoms with Gasteiger partial charge in [0.25, 0.3) is 0 Å². The summed E-state index contributed by atoms with van der Waals surface area (Å²) in [5, 5.41) is 4.47. The number of sulfone groups is 1. The molecule has 2 aliphatic rings. The summed E-state index contributed by atoms with van der Waals surface area (Å²) in [6.07, 6.45) is 6.67. The van der Waals surface area contributed by atoms with Gasteiger partial charge in [-0.25, -0.2) is 18.2 Å². The van der Waals surface area contributed by atoms with Gasteiger partial charge in [-0.15, -0.1) is 0 Å². The zero-order valence-corrected chi connectivity index (χ0v) is 16.4. The minimum Gasteiger partial charge on any atom is -0.307 e. The number of nitrogens with zero attached hydrogens (tertiary/aromatic N) is 1. The number of carbonyl (C=O) groups excluding carboxylic acids is 1. The Balaban J connectivity index is 1.67. The molecule has 7 heteroatoms. The molecular weight excluding hydrogens is 350 g/mol. The van der Waals surface area contributed by atoms with Crippen molar-refractivity contribution in [2.24, 2.45) is 0 Å². The van der Waals surface area contributed by atoms with E-state index in [1.54, 1.807) is 24.3 Å². The van der Waals surface area contributed by atoms with Crippen LogP contribution in [0.25, 0.3) is 0 Å². The molecule has 2 amide bonds. The van der Waals surface area contributed by atoms with E-state index in [-0.39, 0.29) is 11.3 Å². The lowest BCUT2D eigenvalue weighted by atomic mass is 10.00. The lowest BCUT2D eigenvalue weighted by Crippen LogP contribution is -2.55. The van der Waals surface area contributed by atoms with Crippen molar-refractivity contribution in [1.82, 2.24) is 10.4 Å². The van der Waals surface area contributed by atoms with Crippen LogP contribution in [-0.4, -0.2) is 36.8 Å². The van der Waals surface area contributed by atoms with E-state index >= 15 is 0 Å². The maximum Gasteiger partial charge on any atom is 0.333 e. The molecule has 144 valence electrons. The van der Waals surface area contributed by atoms with E-state index in [4.69, 9.17) is 0 Å². The van der Waals surface area contributed by atoms with Crippen LogP contribution in [0.5, 0.6) is 0 Å². The Labute approximate surface area is 156 Å². The van der Waals surface area contributed by atoms with Crippen molar-refractivity contribution in [2.45, 2.75) is 81.0 Å². The van der Waals surface area contributed by atoms with Crippen molar-refractivity contribution in [2.75, 3.05) is 5.32 Å². The molecule has 2 N–H and O–H groups in total. The normalized spacial score (nSPS) is 25.2. The molecule has 6 nitrogen and oxygen atoms in total. The van der Waals surface area contributed by atoms with Crippen molar-refractivity contribution in [1.29, 1.82) is 0 Å². The van der Waals surface area contributed by atoms with Gasteiger partial charge < -0.3 is 5.32 Å². The first-order valence-corrected chi connectivity index (χ1v) is 11.1. The number of hydrogen-bond acceptors (Lipinski definition) is 4. The Kier molecular flexibility index (Phi) is 5.87. The minimum atomic E-state index is -3.32. The molecule has 2 unspecified atom stereocenters. The van der Waals surface area contributed by atoms with E-state index in [0.29, 0.717) is 22.7 Å².